The van der Waals surface area contributed by atoms with Crippen molar-refractivity contribution in [2.75, 3.05) is 19.7 Å². The Labute approximate surface area is 154 Å². The van der Waals surface area contributed by atoms with Crippen LogP contribution < -0.4 is 0 Å². The lowest BCUT2D eigenvalue weighted by atomic mass is 9.82. The molecule has 0 radical (unpaired) electrons. The molecule has 136 valence electrons. The van der Waals surface area contributed by atoms with Gasteiger partial charge in [0.25, 0.3) is 5.91 Å². The molecule has 7 heteroatoms. The molecule has 1 spiro atoms. The van der Waals surface area contributed by atoms with E-state index in [2.05, 4.69) is 0 Å². The van der Waals surface area contributed by atoms with E-state index in [4.69, 9.17) is 4.74 Å². The third-order valence-corrected chi connectivity index (χ3v) is 6.37. The van der Waals surface area contributed by atoms with Gasteiger partial charge in [-0.3, -0.25) is 4.79 Å². The summed E-state index contributed by atoms with van der Waals surface area (Å²) in [7, 11) is 0. The Morgan fingerprint density at radius 2 is 1.85 bits per heavy atom. The van der Waals surface area contributed by atoms with Crippen LogP contribution in [0.4, 0.5) is 0 Å². The quantitative estimate of drug-likeness (QED) is 0.845. The fourth-order valence-corrected chi connectivity index (χ4v) is 4.86. The molecule has 0 atom stereocenters. The fourth-order valence-electron chi connectivity index (χ4n) is 3.79. The minimum absolute atomic E-state index is 0.0626. The van der Waals surface area contributed by atoms with E-state index < -0.39 is 11.6 Å². The number of amides is 1. The summed E-state index contributed by atoms with van der Waals surface area (Å²) < 4.78 is 6.12. The molecule has 1 fully saturated rings. The highest BCUT2D eigenvalue weighted by molar-refractivity contribution is 7.14. The molecule has 1 saturated heterocycles. The number of phenolic OH excluding ortho intramolecular Hbond substituents is 1. The Balaban J connectivity index is 1.53. The summed E-state index contributed by atoms with van der Waals surface area (Å²) in [5.41, 5.74) is 1.05. The van der Waals surface area contributed by atoms with Crippen molar-refractivity contribution in [3.8, 4) is 5.75 Å². The van der Waals surface area contributed by atoms with Crippen LogP contribution >= 0.6 is 11.3 Å². The first-order valence-electron chi connectivity index (χ1n) is 8.57. The highest BCUT2D eigenvalue weighted by atomic mass is 32.1. The molecule has 2 N–H and O–H groups in total. The molecule has 6 nitrogen and oxygen atoms in total. The first kappa shape index (κ1) is 17.1. The average Bonchev–Trinajstić information content (AvgIpc) is 3.09. The number of ether oxygens (including phenoxy) is 1. The van der Waals surface area contributed by atoms with Gasteiger partial charge in [-0.05, 0) is 48.7 Å². The lowest BCUT2D eigenvalue weighted by molar-refractivity contribution is -0.0926. The Bertz CT molecular complexity index is 849. The summed E-state index contributed by atoms with van der Waals surface area (Å²) in [6.07, 6.45) is 2.05. The van der Waals surface area contributed by atoms with Crippen molar-refractivity contribution in [2.45, 2.75) is 24.9 Å². The van der Waals surface area contributed by atoms with Crippen LogP contribution in [-0.4, -0.2) is 46.7 Å². The van der Waals surface area contributed by atoms with Gasteiger partial charge in [0.15, 0.2) is 0 Å². The van der Waals surface area contributed by atoms with Crippen LogP contribution in [0, 0.1) is 0 Å². The maximum atomic E-state index is 12.6. The zero-order chi connectivity index (χ0) is 18.3. The van der Waals surface area contributed by atoms with Crippen LogP contribution in [0.25, 0.3) is 0 Å². The van der Waals surface area contributed by atoms with Gasteiger partial charge in [0.05, 0.1) is 12.2 Å². The summed E-state index contributed by atoms with van der Waals surface area (Å²) in [5.74, 6) is -0.833. The van der Waals surface area contributed by atoms with Gasteiger partial charge in [-0.1, -0.05) is 0 Å². The summed E-state index contributed by atoms with van der Waals surface area (Å²) in [6.45, 7) is 1.69. The van der Waals surface area contributed by atoms with Gasteiger partial charge in [-0.15, -0.1) is 11.3 Å². The van der Waals surface area contributed by atoms with Crippen LogP contribution in [0.1, 0.15) is 43.3 Å². The molecule has 0 bridgehead atoms. The SMILES string of the molecule is O=C(O)c1cc2c(s1)CCOC21CCN(C(=O)c2ccc(O)cc2)CC1. The largest absolute Gasteiger partial charge is 0.508 e. The van der Waals surface area contributed by atoms with Crippen LogP contribution in [0.3, 0.4) is 0 Å². The predicted molar refractivity (Wildman–Crippen MR) is 95.9 cm³/mol. The molecule has 0 aliphatic carbocycles. The third-order valence-electron chi connectivity index (χ3n) is 5.19. The molecule has 2 aliphatic heterocycles. The second-order valence-electron chi connectivity index (χ2n) is 6.68. The fraction of sp³-hybridized carbons (Fsp3) is 0.368. The number of phenols is 1. The number of carboxylic acids is 1. The zero-order valence-electron chi connectivity index (χ0n) is 14.1. The highest BCUT2D eigenvalue weighted by Gasteiger charge is 2.43. The summed E-state index contributed by atoms with van der Waals surface area (Å²) in [4.78, 5) is 27.2. The standard InChI is InChI=1S/C19H19NO5S/c21-13-3-1-12(2-4-13)17(22)20-8-6-19(7-9-20)14-11-16(18(23)24)26-15(14)5-10-25-19/h1-4,11,21H,5-10H2,(H,23,24). The molecule has 2 aliphatic rings. The third kappa shape index (κ3) is 2.87. The van der Waals surface area contributed by atoms with Gasteiger partial charge in [0, 0.05) is 30.0 Å². The second-order valence-corrected chi connectivity index (χ2v) is 7.82. The van der Waals surface area contributed by atoms with E-state index in [1.165, 1.54) is 23.5 Å². The van der Waals surface area contributed by atoms with Crippen LogP contribution in [0.5, 0.6) is 5.75 Å². The molecular weight excluding hydrogens is 354 g/mol. The number of benzene rings is 1. The number of aromatic carboxylic acids is 1. The number of likely N-dealkylation sites (tertiary alicyclic amines) is 1. The van der Waals surface area contributed by atoms with E-state index in [1.54, 1.807) is 23.1 Å². The molecule has 26 heavy (non-hydrogen) atoms. The Morgan fingerprint density at radius 1 is 1.15 bits per heavy atom. The van der Waals surface area contributed by atoms with Gasteiger partial charge < -0.3 is 19.8 Å². The van der Waals surface area contributed by atoms with Gasteiger partial charge >= 0.3 is 5.97 Å². The van der Waals surface area contributed by atoms with E-state index in [0.717, 1.165) is 16.9 Å². The summed E-state index contributed by atoms with van der Waals surface area (Å²) in [5, 5.41) is 18.6. The molecule has 2 aromatic rings. The normalized spacial score (nSPS) is 18.5. The molecule has 1 amide bonds. The maximum Gasteiger partial charge on any atom is 0.345 e. The molecule has 4 rings (SSSR count). The van der Waals surface area contributed by atoms with Crippen molar-refractivity contribution in [1.29, 1.82) is 0 Å². The van der Waals surface area contributed by atoms with E-state index in [1.807, 2.05) is 0 Å². The number of carboxylic acid groups (broad SMARTS) is 1. The lowest BCUT2D eigenvalue weighted by Crippen LogP contribution is -2.48. The van der Waals surface area contributed by atoms with Gasteiger partial charge in [0.1, 0.15) is 10.6 Å². The molecule has 1 aromatic carbocycles. The molecule has 0 unspecified atom stereocenters. The first-order chi connectivity index (χ1) is 12.5. The number of carbonyl (C=O) groups is 2. The first-order valence-corrected chi connectivity index (χ1v) is 9.39. The number of nitrogens with zero attached hydrogens (tertiary/aromatic N) is 1. The van der Waals surface area contributed by atoms with Gasteiger partial charge in [0.2, 0.25) is 0 Å². The molecule has 0 saturated carbocycles. The van der Waals surface area contributed by atoms with Crippen LogP contribution in [0.15, 0.2) is 30.3 Å². The number of hydrogen-bond donors (Lipinski definition) is 2. The number of rotatable bonds is 2. The van der Waals surface area contributed by atoms with E-state index >= 15 is 0 Å². The summed E-state index contributed by atoms with van der Waals surface area (Å²) >= 11 is 1.33. The highest BCUT2D eigenvalue weighted by Crippen LogP contribution is 2.44. The summed E-state index contributed by atoms with van der Waals surface area (Å²) in [6, 6.07) is 8.01. The topological polar surface area (TPSA) is 87.1 Å². The van der Waals surface area contributed by atoms with Crippen molar-refractivity contribution < 1.29 is 24.5 Å². The minimum atomic E-state index is -0.903. The van der Waals surface area contributed by atoms with Crippen molar-refractivity contribution in [3.63, 3.8) is 0 Å². The number of aromatic hydroxyl groups is 1. The Kier molecular flexibility index (Phi) is 4.20. The lowest BCUT2D eigenvalue weighted by Gasteiger charge is -2.44. The van der Waals surface area contributed by atoms with Crippen molar-refractivity contribution in [2.24, 2.45) is 0 Å². The van der Waals surface area contributed by atoms with Crippen LogP contribution in [-0.2, 0) is 16.8 Å². The van der Waals surface area contributed by atoms with Gasteiger partial charge in [-0.2, -0.15) is 0 Å². The van der Waals surface area contributed by atoms with E-state index in [-0.39, 0.29) is 11.7 Å². The zero-order valence-corrected chi connectivity index (χ0v) is 14.9. The number of fused-ring (bicyclic) bond motifs is 2. The number of carbonyl (C=O) groups excluding carboxylic acids is 1. The van der Waals surface area contributed by atoms with Crippen molar-refractivity contribution in [3.05, 3.63) is 51.2 Å². The maximum absolute atomic E-state index is 12.6. The Morgan fingerprint density at radius 3 is 2.50 bits per heavy atom. The molecular formula is C19H19NO5S. The van der Waals surface area contributed by atoms with Crippen molar-refractivity contribution >= 4 is 23.2 Å². The predicted octanol–water partition coefficient (Wildman–Crippen LogP) is 2.86. The van der Waals surface area contributed by atoms with E-state index in [0.29, 0.717) is 43.0 Å². The number of thiophene rings is 1. The Hall–Kier alpha value is -2.38. The van der Waals surface area contributed by atoms with Crippen LogP contribution in [0.2, 0.25) is 0 Å². The second kappa shape index (κ2) is 6.41. The molecule has 1 aromatic heterocycles. The number of piperidine rings is 1. The average molecular weight is 373 g/mol. The minimum Gasteiger partial charge on any atom is -0.508 e. The van der Waals surface area contributed by atoms with Gasteiger partial charge in [-0.25, -0.2) is 4.79 Å². The monoisotopic (exact) mass is 373 g/mol. The van der Waals surface area contributed by atoms with E-state index in [9.17, 15) is 19.8 Å². The van der Waals surface area contributed by atoms with Crippen molar-refractivity contribution in [1.82, 2.24) is 4.90 Å². The molecule has 3 heterocycles. The smallest absolute Gasteiger partial charge is 0.345 e. The number of hydrogen-bond acceptors (Lipinski definition) is 5.